The maximum atomic E-state index is 15.4. The minimum atomic E-state index is -0.743. The Morgan fingerprint density at radius 3 is 1.43 bits per heavy atom. The standard InChI is InChI=1S/C54H34FN3/c55-44-29-27-38-26-25-37-17-7-9-23-47(37)54(50(38)34-44)48-24-10-8-22-45(48)46-33-43(28-30-49(46)54)53-57-51(41-20-11-18-39(31-41)35-13-3-1-4-14-35)56-52(58-53)42-21-12-19-40(32-42)36-15-5-2-6-16-36/h1-34H. The summed E-state index contributed by atoms with van der Waals surface area (Å²) in [7, 11) is 0. The molecule has 0 amide bonds. The average Bonchev–Trinajstić information content (AvgIpc) is 3.50. The number of hydrogen-bond donors (Lipinski definition) is 0. The molecule has 0 fully saturated rings. The molecule has 0 bridgehead atoms. The van der Waals surface area contributed by atoms with E-state index in [4.69, 9.17) is 15.0 Å². The molecule has 3 nitrogen and oxygen atoms in total. The average molecular weight is 744 g/mol. The third kappa shape index (κ3) is 5.45. The summed E-state index contributed by atoms with van der Waals surface area (Å²) in [5, 5.41) is 0. The predicted octanol–water partition coefficient (Wildman–Crippen LogP) is 13.2. The van der Waals surface area contributed by atoms with Crippen molar-refractivity contribution in [3.8, 4) is 67.5 Å². The lowest BCUT2D eigenvalue weighted by Crippen LogP contribution is -2.30. The highest BCUT2D eigenvalue weighted by atomic mass is 19.1. The number of aromatic nitrogens is 3. The third-order valence-corrected chi connectivity index (χ3v) is 11.6. The highest BCUT2D eigenvalue weighted by Crippen LogP contribution is 2.59. The van der Waals surface area contributed by atoms with Gasteiger partial charge < -0.3 is 0 Å². The van der Waals surface area contributed by atoms with Crippen LogP contribution in [0.2, 0.25) is 0 Å². The molecule has 58 heavy (non-hydrogen) atoms. The fourth-order valence-electron chi connectivity index (χ4n) is 9.01. The van der Waals surface area contributed by atoms with Crippen LogP contribution in [0.5, 0.6) is 0 Å². The van der Waals surface area contributed by atoms with Crippen LogP contribution in [0, 0.1) is 5.82 Å². The molecule has 4 heteroatoms. The fourth-order valence-corrected chi connectivity index (χ4v) is 9.01. The summed E-state index contributed by atoms with van der Waals surface area (Å²) in [5.41, 5.74) is 14.9. The zero-order valence-corrected chi connectivity index (χ0v) is 31.3. The Hall–Kier alpha value is -7.56. The summed E-state index contributed by atoms with van der Waals surface area (Å²) in [5.74, 6) is 1.50. The van der Waals surface area contributed by atoms with Crippen molar-refractivity contribution in [2.24, 2.45) is 0 Å². The van der Waals surface area contributed by atoms with Crippen molar-refractivity contribution in [1.29, 1.82) is 0 Å². The Kier molecular flexibility index (Phi) is 7.90. The van der Waals surface area contributed by atoms with E-state index in [1.807, 2.05) is 18.2 Å². The van der Waals surface area contributed by atoms with Gasteiger partial charge in [-0.1, -0.05) is 176 Å². The van der Waals surface area contributed by atoms with E-state index in [0.29, 0.717) is 17.5 Å². The minimum absolute atomic E-state index is 0.258. The van der Waals surface area contributed by atoms with Crippen LogP contribution < -0.4 is 0 Å². The van der Waals surface area contributed by atoms with E-state index in [2.05, 4.69) is 176 Å². The number of rotatable bonds is 5. The van der Waals surface area contributed by atoms with Crippen molar-refractivity contribution >= 4 is 12.2 Å². The molecule has 0 aliphatic heterocycles. The Labute approximate surface area is 336 Å². The first kappa shape index (κ1) is 33.8. The quantitative estimate of drug-likeness (QED) is 0.176. The molecule has 1 heterocycles. The van der Waals surface area contributed by atoms with Gasteiger partial charge in [-0.25, -0.2) is 19.3 Å². The molecule has 1 aromatic heterocycles. The maximum absolute atomic E-state index is 15.4. The van der Waals surface area contributed by atoms with Gasteiger partial charge in [0.05, 0.1) is 5.41 Å². The second-order valence-electron chi connectivity index (χ2n) is 14.9. The van der Waals surface area contributed by atoms with E-state index in [1.54, 1.807) is 12.1 Å². The van der Waals surface area contributed by atoms with Crippen LogP contribution in [0.15, 0.2) is 194 Å². The highest BCUT2D eigenvalue weighted by Gasteiger charge is 2.48. The van der Waals surface area contributed by atoms with Crippen LogP contribution in [-0.2, 0) is 5.41 Å². The summed E-state index contributed by atoms with van der Waals surface area (Å²) >= 11 is 0. The lowest BCUT2D eigenvalue weighted by Gasteiger charge is -2.35. The molecule has 0 saturated carbocycles. The number of fused-ring (bicyclic) bond motifs is 9. The Bertz CT molecular complexity index is 2980. The molecule has 0 saturated heterocycles. The molecule has 8 aromatic carbocycles. The second-order valence-corrected chi connectivity index (χ2v) is 14.9. The Morgan fingerprint density at radius 2 is 0.793 bits per heavy atom. The van der Waals surface area contributed by atoms with Gasteiger partial charge in [-0.05, 0) is 97.1 Å². The van der Waals surface area contributed by atoms with E-state index < -0.39 is 5.41 Å². The van der Waals surface area contributed by atoms with Crippen LogP contribution in [-0.4, -0.2) is 15.0 Å². The van der Waals surface area contributed by atoms with Crippen LogP contribution in [0.4, 0.5) is 4.39 Å². The van der Waals surface area contributed by atoms with Crippen LogP contribution >= 0.6 is 0 Å². The molecule has 11 rings (SSSR count). The van der Waals surface area contributed by atoms with Gasteiger partial charge in [0.1, 0.15) is 5.82 Å². The number of nitrogens with zero attached hydrogens (tertiary/aromatic N) is 3. The predicted molar refractivity (Wildman–Crippen MR) is 233 cm³/mol. The molecular weight excluding hydrogens is 710 g/mol. The van der Waals surface area contributed by atoms with Gasteiger partial charge in [0.25, 0.3) is 0 Å². The van der Waals surface area contributed by atoms with E-state index in [0.717, 1.165) is 83.5 Å². The van der Waals surface area contributed by atoms with Gasteiger partial charge in [0, 0.05) is 16.7 Å². The van der Waals surface area contributed by atoms with Gasteiger partial charge >= 0.3 is 0 Å². The number of halogens is 1. The van der Waals surface area contributed by atoms with Crippen LogP contribution in [0.3, 0.4) is 0 Å². The number of benzene rings is 8. The molecular formula is C54H34FN3. The van der Waals surface area contributed by atoms with Crippen molar-refractivity contribution in [2.45, 2.75) is 5.41 Å². The van der Waals surface area contributed by atoms with E-state index in [-0.39, 0.29) is 5.82 Å². The third-order valence-electron chi connectivity index (χ3n) is 11.6. The number of hydrogen-bond acceptors (Lipinski definition) is 3. The molecule has 2 aliphatic carbocycles. The second kappa shape index (κ2) is 13.6. The van der Waals surface area contributed by atoms with Crippen LogP contribution in [0.1, 0.15) is 33.4 Å². The summed E-state index contributed by atoms with van der Waals surface area (Å²) in [4.78, 5) is 15.6. The van der Waals surface area contributed by atoms with Gasteiger partial charge in [-0.15, -0.1) is 0 Å². The molecule has 1 unspecified atom stereocenters. The summed E-state index contributed by atoms with van der Waals surface area (Å²) in [6.45, 7) is 0. The molecule has 1 atom stereocenters. The Morgan fingerprint density at radius 1 is 0.310 bits per heavy atom. The van der Waals surface area contributed by atoms with Crippen molar-refractivity contribution in [2.75, 3.05) is 0 Å². The lowest BCUT2D eigenvalue weighted by atomic mass is 9.66. The van der Waals surface area contributed by atoms with E-state index >= 15 is 4.39 Å². The molecule has 0 radical (unpaired) electrons. The summed E-state index contributed by atoms with van der Waals surface area (Å²) < 4.78 is 15.4. The zero-order valence-electron chi connectivity index (χ0n) is 31.3. The minimum Gasteiger partial charge on any atom is -0.208 e. The van der Waals surface area contributed by atoms with Gasteiger partial charge in [0.2, 0.25) is 0 Å². The van der Waals surface area contributed by atoms with Crippen LogP contribution in [0.25, 0.3) is 79.7 Å². The monoisotopic (exact) mass is 743 g/mol. The van der Waals surface area contributed by atoms with Gasteiger partial charge in [-0.3, -0.25) is 0 Å². The van der Waals surface area contributed by atoms with Crippen molar-refractivity contribution in [3.05, 3.63) is 233 Å². The first-order valence-electron chi connectivity index (χ1n) is 19.5. The van der Waals surface area contributed by atoms with Crippen molar-refractivity contribution in [3.63, 3.8) is 0 Å². The smallest absolute Gasteiger partial charge is 0.164 e. The zero-order chi connectivity index (χ0) is 38.6. The molecule has 9 aromatic rings. The van der Waals surface area contributed by atoms with Crippen molar-refractivity contribution < 1.29 is 4.39 Å². The molecule has 0 N–H and O–H groups in total. The van der Waals surface area contributed by atoms with Gasteiger partial charge in [0.15, 0.2) is 17.5 Å². The maximum Gasteiger partial charge on any atom is 0.164 e. The van der Waals surface area contributed by atoms with E-state index in [1.165, 1.54) is 0 Å². The highest BCUT2D eigenvalue weighted by molar-refractivity contribution is 5.92. The summed E-state index contributed by atoms with van der Waals surface area (Å²) in [6.07, 6.45) is 4.27. The SMILES string of the molecule is Fc1ccc2c(c1)C1(c3ccccc3C=C2)c2ccccc2-c2cc(-c3nc(-c4cccc(-c5ccccc5)c4)nc(-c4cccc(-c5ccccc5)c4)n3)ccc21. The lowest BCUT2D eigenvalue weighted by molar-refractivity contribution is 0.620. The van der Waals surface area contributed by atoms with E-state index in [9.17, 15) is 0 Å². The fraction of sp³-hybridized carbons (Fsp3) is 0.0185. The Balaban J connectivity index is 1.13. The largest absolute Gasteiger partial charge is 0.208 e. The van der Waals surface area contributed by atoms with Crippen molar-refractivity contribution in [1.82, 2.24) is 15.0 Å². The summed E-state index contributed by atoms with van der Waals surface area (Å²) in [6, 6.07) is 66.3. The molecule has 272 valence electrons. The topological polar surface area (TPSA) is 38.7 Å². The first-order chi connectivity index (χ1) is 28.6. The first-order valence-corrected chi connectivity index (χ1v) is 19.5. The normalized spacial score (nSPS) is 14.6. The molecule has 2 aliphatic rings. The van der Waals surface area contributed by atoms with Gasteiger partial charge in [-0.2, -0.15) is 0 Å². The molecule has 1 spiro atoms.